The Labute approximate surface area is 212 Å². The van der Waals surface area contributed by atoms with Gasteiger partial charge in [-0.15, -0.1) is 0 Å². The second-order valence-corrected chi connectivity index (χ2v) is 11.1. The van der Waals surface area contributed by atoms with Gasteiger partial charge in [0, 0.05) is 11.1 Å². The topological polar surface area (TPSA) is 108 Å². The van der Waals surface area contributed by atoms with Crippen molar-refractivity contribution in [3.8, 4) is 17.4 Å². The highest BCUT2D eigenvalue weighted by molar-refractivity contribution is 7.91. The molecule has 1 aromatic heterocycles. The molecule has 1 fully saturated rings. The van der Waals surface area contributed by atoms with Gasteiger partial charge >= 0.3 is 0 Å². The first-order valence-corrected chi connectivity index (χ1v) is 13.3. The standard InChI is InChI=1S/C27H19ClN2O5S/c28-23-9-5-4-8-20(23)24-11-10-19(35-24)14-21-25(17-6-2-1-3-7-17)22(15-29)27(32)30(26(21)31)18-12-13-36(33,34)16-18/h1-11,14,18H,12-13,16H2/b21-14+/t18-/m0/s1. The van der Waals surface area contributed by atoms with Crippen LogP contribution in [0.2, 0.25) is 5.02 Å². The second kappa shape index (κ2) is 9.26. The number of amides is 2. The largest absolute Gasteiger partial charge is 0.457 e. The fraction of sp³-hybridized carbons (Fsp3) is 0.148. The molecule has 1 saturated heterocycles. The normalized spacial score (nSPS) is 20.7. The van der Waals surface area contributed by atoms with E-state index in [0.29, 0.717) is 27.7 Å². The number of benzene rings is 2. The Morgan fingerprint density at radius 1 is 1.00 bits per heavy atom. The molecule has 3 heterocycles. The Balaban J connectivity index is 1.66. The van der Waals surface area contributed by atoms with E-state index in [1.807, 2.05) is 12.1 Å². The summed E-state index contributed by atoms with van der Waals surface area (Å²) in [6.07, 6.45) is 1.61. The molecule has 2 aliphatic rings. The van der Waals surface area contributed by atoms with Crippen LogP contribution in [0.3, 0.4) is 0 Å². The van der Waals surface area contributed by atoms with Crippen LogP contribution in [-0.2, 0) is 19.4 Å². The van der Waals surface area contributed by atoms with E-state index < -0.39 is 27.7 Å². The van der Waals surface area contributed by atoms with Crippen molar-refractivity contribution in [2.45, 2.75) is 12.5 Å². The first-order chi connectivity index (χ1) is 17.3. The maximum atomic E-state index is 13.8. The van der Waals surface area contributed by atoms with Crippen molar-refractivity contribution in [3.05, 3.63) is 94.2 Å². The number of nitrogens with zero attached hydrogens (tertiary/aromatic N) is 2. The van der Waals surface area contributed by atoms with Gasteiger partial charge in [-0.05, 0) is 42.3 Å². The lowest BCUT2D eigenvalue weighted by atomic mass is 9.87. The van der Waals surface area contributed by atoms with E-state index >= 15 is 0 Å². The minimum Gasteiger partial charge on any atom is -0.457 e. The van der Waals surface area contributed by atoms with Crippen LogP contribution in [0.25, 0.3) is 23.0 Å². The molecule has 0 bridgehead atoms. The Kier molecular flexibility index (Phi) is 6.12. The summed E-state index contributed by atoms with van der Waals surface area (Å²) in [6, 6.07) is 20.3. The van der Waals surface area contributed by atoms with Crippen LogP contribution < -0.4 is 0 Å². The molecule has 0 saturated carbocycles. The third kappa shape index (κ3) is 4.28. The summed E-state index contributed by atoms with van der Waals surface area (Å²) in [6.45, 7) is 0. The van der Waals surface area contributed by atoms with Gasteiger partial charge in [0.2, 0.25) is 0 Å². The number of imide groups is 1. The van der Waals surface area contributed by atoms with E-state index in [2.05, 4.69) is 0 Å². The van der Waals surface area contributed by atoms with E-state index in [1.54, 1.807) is 60.7 Å². The number of sulfone groups is 1. The Bertz CT molecular complexity index is 1600. The molecule has 9 heteroatoms. The summed E-state index contributed by atoms with van der Waals surface area (Å²) < 4.78 is 30.2. The molecule has 3 aromatic rings. The molecular formula is C27H19ClN2O5S. The van der Waals surface area contributed by atoms with Crippen LogP contribution >= 0.6 is 11.6 Å². The van der Waals surface area contributed by atoms with Crippen molar-refractivity contribution in [3.63, 3.8) is 0 Å². The molecule has 0 N–H and O–H groups in total. The van der Waals surface area contributed by atoms with Gasteiger partial charge in [0.15, 0.2) is 9.84 Å². The Hall–Kier alpha value is -3.93. The van der Waals surface area contributed by atoms with Crippen molar-refractivity contribution in [1.82, 2.24) is 4.90 Å². The van der Waals surface area contributed by atoms with Crippen LogP contribution in [0.4, 0.5) is 0 Å². The number of nitriles is 1. The van der Waals surface area contributed by atoms with E-state index in [0.717, 1.165) is 4.90 Å². The molecule has 36 heavy (non-hydrogen) atoms. The Morgan fingerprint density at radius 2 is 1.72 bits per heavy atom. The summed E-state index contributed by atoms with van der Waals surface area (Å²) in [7, 11) is -3.38. The summed E-state index contributed by atoms with van der Waals surface area (Å²) in [5, 5.41) is 10.5. The van der Waals surface area contributed by atoms with Gasteiger partial charge in [0.05, 0.1) is 28.1 Å². The van der Waals surface area contributed by atoms with Gasteiger partial charge in [0.1, 0.15) is 23.2 Å². The predicted molar refractivity (Wildman–Crippen MR) is 135 cm³/mol. The zero-order chi connectivity index (χ0) is 25.4. The van der Waals surface area contributed by atoms with Crippen molar-refractivity contribution in [1.29, 1.82) is 5.26 Å². The molecule has 0 spiro atoms. The van der Waals surface area contributed by atoms with Crippen molar-refractivity contribution >= 4 is 44.9 Å². The highest BCUT2D eigenvalue weighted by atomic mass is 35.5. The maximum Gasteiger partial charge on any atom is 0.272 e. The molecule has 7 nitrogen and oxygen atoms in total. The summed E-state index contributed by atoms with van der Waals surface area (Å²) in [5.74, 6) is -1.12. The number of carbonyl (C=O) groups is 2. The van der Waals surface area contributed by atoms with Crippen LogP contribution in [0.15, 0.2) is 82.3 Å². The van der Waals surface area contributed by atoms with Gasteiger partial charge in [-0.3, -0.25) is 14.5 Å². The zero-order valence-electron chi connectivity index (χ0n) is 18.8. The second-order valence-electron chi connectivity index (χ2n) is 8.50. The first kappa shape index (κ1) is 23.8. The lowest BCUT2D eigenvalue weighted by molar-refractivity contribution is -0.142. The number of furan rings is 1. The number of halogens is 1. The van der Waals surface area contributed by atoms with E-state index in [1.165, 1.54) is 6.08 Å². The van der Waals surface area contributed by atoms with Gasteiger partial charge < -0.3 is 4.42 Å². The summed E-state index contributed by atoms with van der Waals surface area (Å²) in [5.41, 5.74) is 1.21. The highest BCUT2D eigenvalue weighted by Crippen LogP contribution is 2.38. The first-order valence-electron chi connectivity index (χ1n) is 11.1. The van der Waals surface area contributed by atoms with Crippen molar-refractivity contribution in [2.24, 2.45) is 0 Å². The molecule has 1 atom stereocenters. The van der Waals surface area contributed by atoms with E-state index in [4.69, 9.17) is 16.0 Å². The van der Waals surface area contributed by atoms with Gasteiger partial charge in [-0.25, -0.2) is 8.42 Å². The van der Waals surface area contributed by atoms with Crippen LogP contribution in [0, 0.1) is 11.3 Å². The minimum atomic E-state index is -3.38. The SMILES string of the molecule is N#CC1=C(c2ccccc2)/C(=C\c2ccc(-c3ccccc3Cl)o2)C(=O)N([C@H]2CCS(=O)(=O)C2)C1=O. The maximum absolute atomic E-state index is 13.8. The van der Waals surface area contributed by atoms with Gasteiger partial charge in [-0.1, -0.05) is 54.1 Å². The molecule has 180 valence electrons. The van der Waals surface area contributed by atoms with Crippen LogP contribution in [0.1, 0.15) is 17.7 Å². The molecule has 0 radical (unpaired) electrons. The number of hydrogen-bond donors (Lipinski definition) is 0. The molecule has 5 rings (SSSR count). The fourth-order valence-corrected chi connectivity index (χ4v) is 6.45. The number of rotatable bonds is 4. The Morgan fingerprint density at radius 3 is 2.39 bits per heavy atom. The summed E-state index contributed by atoms with van der Waals surface area (Å²) in [4.78, 5) is 28.0. The molecule has 2 aliphatic heterocycles. The average Bonchev–Trinajstić information content (AvgIpc) is 3.47. The van der Waals surface area contributed by atoms with Crippen molar-refractivity contribution < 1.29 is 22.4 Å². The monoisotopic (exact) mass is 518 g/mol. The zero-order valence-corrected chi connectivity index (χ0v) is 20.4. The molecular weight excluding hydrogens is 500 g/mol. The molecule has 2 aromatic carbocycles. The van der Waals surface area contributed by atoms with Gasteiger partial charge in [-0.2, -0.15) is 5.26 Å². The van der Waals surface area contributed by atoms with E-state index in [-0.39, 0.29) is 34.6 Å². The number of carbonyl (C=O) groups excluding carboxylic acids is 2. The molecule has 0 aliphatic carbocycles. The van der Waals surface area contributed by atoms with Crippen LogP contribution in [-0.4, -0.2) is 42.7 Å². The summed E-state index contributed by atoms with van der Waals surface area (Å²) >= 11 is 6.29. The lowest BCUT2D eigenvalue weighted by Gasteiger charge is -2.32. The third-order valence-corrected chi connectivity index (χ3v) is 8.28. The fourth-order valence-electron chi connectivity index (χ4n) is 4.52. The van der Waals surface area contributed by atoms with E-state index in [9.17, 15) is 23.3 Å². The van der Waals surface area contributed by atoms with Gasteiger partial charge in [0.25, 0.3) is 11.8 Å². The minimum absolute atomic E-state index is 0.0710. The molecule has 2 amide bonds. The predicted octanol–water partition coefficient (Wildman–Crippen LogP) is 4.52. The number of hydrogen-bond acceptors (Lipinski definition) is 6. The molecule has 0 unspecified atom stereocenters. The third-order valence-electron chi connectivity index (χ3n) is 6.20. The smallest absolute Gasteiger partial charge is 0.272 e. The lowest BCUT2D eigenvalue weighted by Crippen LogP contribution is -2.49. The van der Waals surface area contributed by atoms with Crippen LogP contribution in [0.5, 0.6) is 0 Å². The van der Waals surface area contributed by atoms with Crippen molar-refractivity contribution in [2.75, 3.05) is 11.5 Å². The highest BCUT2D eigenvalue weighted by Gasteiger charge is 2.45. The quantitative estimate of drug-likeness (QED) is 0.371. The average molecular weight is 519 g/mol.